The van der Waals surface area contributed by atoms with Gasteiger partial charge < -0.3 is 28.6 Å². The summed E-state index contributed by atoms with van der Waals surface area (Å²) in [5.41, 5.74) is 4.06. The Balaban J connectivity index is 0.00000442. The molecule has 0 unspecified atom stereocenters. The number of benzene rings is 3. The number of pyridine rings is 1. The molecule has 4 aromatic rings. The van der Waals surface area contributed by atoms with Crippen molar-refractivity contribution in [3.8, 4) is 17.2 Å². The fourth-order valence-electron chi connectivity index (χ4n) is 5.38. The summed E-state index contributed by atoms with van der Waals surface area (Å²) in [6.07, 6.45) is 1.48. The molecule has 44 heavy (non-hydrogen) atoms. The number of carbonyl (C=O) groups excluding carboxylic acids is 2. The van der Waals surface area contributed by atoms with E-state index < -0.39 is 21.7 Å². The van der Waals surface area contributed by atoms with Gasteiger partial charge in [0.25, 0.3) is 5.91 Å². The number of methoxy groups -OCH3 is 1. The molecule has 0 N–H and O–H groups in total. The van der Waals surface area contributed by atoms with Crippen LogP contribution in [-0.2, 0) is 33.5 Å². The first kappa shape index (κ1) is 33.3. The minimum atomic E-state index is -4.11. The topological polar surface area (TPSA) is 126 Å². The van der Waals surface area contributed by atoms with Crippen LogP contribution >= 0.6 is 0 Å². The molecule has 2 heterocycles. The van der Waals surface area contributed by atoms with Gasteiger partial charge in [-0.05, 0) is 61.7 Å². The van der Waals surface area contributed by atoms with Gasteiger partial charge in [-0.3, -0.25) is 9.78 Å². The summed E-state index contributed by atoms with van der Waals surface area (Å²) in [6, 6.07) is 15.6. The van der Waals surface area contributed by atoms with E-state index in [2.05, 4.69) is 9.71 Å². The Morgan fingerprint density at radius 2 is 1.75 bits per heavy atom. The number of sulfonamides is 1. The fourth-order valence-corrected chi connectivity index (χ4v) is 6.42. The summed E-state index contributed by atoms with van der Waals surface area (Å²) < 4.78 is 46.3. The van der Waals surface area contributed by atoms with Gasteiger partial charge in [-0.25, -0.2) is 8.42 Å². The molecule has 0 spiro atoms. The molecule has 2 amide bonds. The summed E-state index contributed by atoms with van der Waals surface area (Å²) in [6.45, 7) is 6.54. The maximum absolute atomic E-state index is 13.9. The van der Waals surface area contributed by atoms with Crippen molar-refractivity contribution in [1.82, 2.24) is 4.98 Å². The summed E-state index contributed by atoms with van der Waals surface area (Å²) in [5.74, 6) is 0.0174. The number of amides is 2. The number of hydrogen-bond donors (Lipinski definition) is 0. The first-order valence-electron chi connectivity index (χ1n) is 13.9. The number of aromatic nitrogens is 1. The molecule has 0 atom stereocenters. The number of carbonyl (C=O) groups is 2. The average Bonchev–Trinajstić information content (AvgIpc) is 3.31. The van der Waals surface area contributed by atoms with Gasteiger partial charge in [0.05, 0.1) is 54.1 Å². The zero-order chi connectivity index (χ0) is 30.7. The molecule has 1 aliphatic rings. The van der Waals surface area contributed by atoms with Crippen LogP contribution in [0.1, 0.15) is 46.5 Å². The molecule has 10 nitrogen and oxygen atoms in total. The van der Waals surface area contributed by atoms with E-state index in [1.165, 1.54) is 7.11 Å². The van der Waals surface area contributed by atoms with E-state index in [0.29, 0.717) is 74.9 Å². The zero-order valence-corrected chi connectivity index (χ0v) is 28.2. The number of para-hydroxylation sites is 1. The minimum absolute atomic E-state index is 0. The third-order valence-corrected chi connectivity index (χ3v) is 8.28. The maximum Gasteiger partial charge on any atom is 1.00 e. The third-order valence-electron chi connectivity index (χ3n) is 7.10. The predicted molar refractivity (Wildman–Crippen MR) is 163 cm³/mol. The first-order chi connectivity index (χ1) is 20.7. The quantitative estimate of drug-likeness (QED) is 0.233. The van der Waals surface area contributed by atoms with Gasteiger partial charge in [0.2, 0.25) is 0 Å². The average molecular weight is 626 g/mol. The Morgan fingerprint density at radius 1 is 1.02 bits per heavy atom. The number of fused-ring (bicyclic) bond motifs is 2. The molecule has 224 valence electrons. The smallest absolute Gasteiger partial charge is 0.545 e. The molecule has 3 aromatic carbocycles. The molecular weight excluding hydrogens is 593 g/mol. The van der Waals surface area contributed by atoms with Crippen molar-refractivity contribution in [1.29, 1.82) is 0 Å². The maximum atomic E-state index is 13.9. The first-order valence-corrected chi connectivity index (χ1v) is 15.5. The van der Waals surface area contributed by atoms with Gasteiger partial charge in [0.15, 0.2) is 5.75 Å². The molecule has 1 aromatic heterocycles. The minimum Gasteiger partial charge on any atom is -0.545 e. The second-order valence-electron chi connectivity index (χ2n) is 9.99. The fraction of sp³-hybridized carbons (Fsp3) is 0.281. The summed E-state index contributed by atoms with van der Waals surface area (Å²) in [7, 11) is -2.63. The summed E-state index contributed by atoms with van der Waals surface area (Å²) in [4.78, 5) is 32.5. The Bertz CT molecular complexity index is 1830. The number of rotatable bonds is 11. The van der Waals surface area contributed by atoms with E-state index in [-0.39, 0.29) is 48.4 Å². The largest absolute Gasteiger partial charge is 1.00 e. The van der Waals surface area contributed by atoms with Crippen molar-refractivity contribution in [2.75, 3.05) is 25.2 Å². The van der Waals surface area contributed by atoms with E-state index in [4.69, 9.17) is 14.2 Å². The van der Waals surface area contributed by atoms with E-state index in [1.807, 2.05) is 19.9 Å². The number of nitrogens with zero attached hydrogens (tertiary/aromatic N) is 3. The van der Waals surface area contributed by atoms with Crippen molar-refractivity contribution in [3.05, 3.63) is 93.3 Å². The molecule has 1 aliphatic heterocycles. The van der Waals surface area contributed by atoms with Crippen LogP contribution in [0.5, 0.6) is 17.2 Å². The van der Waals surface area contributed by atoms with Crippen LogP contribution in [0.25, 0.3) is 15.6 Å². The second kappa shape index (κ2) is 14.0. The van der Waals surface area contributed by atoms with Crippen LogP contribution in [-0.4, -0.2) is 45.5 Å². The normalized spacial score (nSPS) is 12.5. The molecule has 0 fully saturated rings. The van der Waals surface area contributed by atoms with Gasteiger partial charge in [-0.2, -0.15) is 0 Å². The number of anilines is 1. The van der Waals surface area contributed by atoms with E-state index >= 15 is 0 Å². The SMILES string of the molecule is CCOc1c2c(c(OCC)c3ncccc13)CN(c1ccc(CS(=O)(=O)[N-]C(=O)Cc3ccccc3OC)cc1C)C2=O.[Na+]. The molecule has 0 saturated carbocycles. The standard InChI is InChI=1S/C32H33N3O7S.Na/c1-5-41-30-23-11-9-15-33-29(23)31(42-6-2)24-18-35(32(37)28(24)30)25-14-13-21(16-20(25)3)19-43(38,39)34-27(36)17-22-10-7-8-12-26(22)40-4;/h7-16H,5-6,17-19H2,1-4H3,(H,34,36);/q;+1/p-1. The van der Waals surface area contributed by atoms with Crippen molar-refractivity contribution >= 4 is 38.4 Å². The van der Waals surface area contributed by atoms with Crippen molar-refractivity contribution in [2.45, 2.75) is 39.5 Å². The van der Waals surface area contributed by atoms with Crippen LogP contribution in [0.2, 0.25) is 0 Å². The van der Waals surface area contributed by atoms with Crippen LogP contribution in [0.4, 0.5) is 5.69 Å². The van der Waals surface area contributed by atoms with E-state index in [9.17, 15) is 18.0 Å². The molecule has 12 heteroatoms. The monoisotopic (exact) mass is 625 g/mol. The number of hydrogen-bond acceptors (Lipinski definition) is 8. The van der Waals surface area contributed by atoms with Gasteiger partial charge in [-0.1, -0.05) is 30.3 Å². The van der Waals surface area contributed by atoms with E-state index in [1.54, 1.807) is 66.6 Å². The Morgan fingerprint density at radius 3 is 2.45 bits per heavy atom. The van der Waals surface area contributed by atoms with Gasteiger partial charge in [-0.15, -0.1) is 0 Å². The predicted octanol–water partition coefficient (Wildman–Crippen LogP) is 2.49. The van der Waals surface area contributed by atoms with Crippen LogP contribution in [0, 0.1) is 6.92 Å². The Hall–Kier alpha value is -3.64. The van der Waals surface area contributed by atoms with Crippen LogP contribution < -0.4 is 48.7 Å². The second-order valence-corrected chi connectivity index (χ2v) is 11.6. The van der Waals surface area contributed by atoms with Crippen molar-refractivity contribution < 1.29 is 61.8 Å². The summed E-state index contributed by atoms with van der Waals surface area (Å²) >= 11 is 0. The zero-order valence-electron chi connectivity index (χ0n) is 25.4. The molecule has 0 bridgehead atoms. The molecule has 0 aliphatic carbocycles. The number of aryl methyl sites for hydroxylation is 1. The number of ether oxygens (including phenoxy) is 3. The van der Waals surface area contributed by atoms with Crippen LogP contribution in [0.15, 0.2) is 60.8 Å². The molecular formula is C32H32N3NaO7S. The van der Waals surface area contributed by atoms with Crippen LogP contribution in [0.3, 0.4) is 0 Å². The van der Waals surface area contributed by atoms with Gasteiger partial charge >= 0.3 is 29.6 Å². The van der Waals surface area contributed by atoms with Crippen molar-refractivity contribution in [2.24, 2.45) is 0 Å². The third kappa shape index (κ3) is 6.71. The Kier molecular flexibility index (Phi) is 10.6. The molecule has 0 saturated heterocycles. The van der Waals surface area contributed by atoms with Gasteiger partial charge in [0, 0.05) is 29.3 Å². The molecule has 0 radical (unpaired) electrons. The van der Waals surface area contributed by atoms with Crippen molar-refractivity contribution in [3.63, 3.8) is 0 Å². The van der Waals surface area contributed by atoms with E-state index in [0.717, 1.165) is 0 Å². The molecule has 5 rings (SSSR count). The Labute approximate surface area is 279 Å². The summed E-state index contributed by atoms with van der Waals surface area (Å²) in [5, 5.41) is 0.697. The van der Waals surface area contributed by atoms with Gasteiger partial charge in [0.1, 0.15) is 17.0 Å².